The van der Waals surface area contributed by atoms with E-state index >= 15 is 0 Å². The predicted octanol–water partition coefficient (Wildman–Crippen LogP) is 2.71. The van der Waals surface area contributed by atoms with E-state index in [0.717, 1.165) is 12.8 Å². The molecule has 0 bridgehead atoms. The number of ether oxygens (including phenoxy) is 2. The lowest BCUT2D eigenvalue weighted by Crippen LogP contribution is -2.24. The van der Waals surface area contributed by atoms with Crippen LogP contribution in [0.1, 0.15) is 33.6 Å². The van der Waals surface area contributed by atoms with Gasteiger partial charge in [0, 0.05) is 12.3 Å². The van der Waals surface area contributed by atoms with Gasteiger partial charge in [-0.1, -0.05) is 0 Å². The zero-order valence-corrected chi connectivity index (χ0v) is 10.7. The van der Waals surface area contributed by atoms with Crippen LogP contribution < -0.4 is 9.47 Å². The van der Waals surface area contributed by atoms with Crippen molar-refractivity contribution in [3.63, 3.8) is 0 Å². The minimum absolute atomic E-state index is 0.00523. The Morgan fingerprint density at radius 2 is 2.11 bits per heavy atom. The summed E-state index contributed by atoms with van der Waals surface area (Å²) in [5.41, 5.74) is -0.741. The van der Waals surface area contributed by atoms with Crippen LogP contribution in [0.4, 0.5) is 5.69 Å². The summed E-state index contributed by atoms with van der Waals surface area (Å²) in [7, 11) is 0. The molecule has 1 aliphatic rings. The maximum absolute atomic E-state index is 11.1. The number of nitrogens with zero attached hydrogens (tertiary/aromatic N) is 2. The second-order valence-corrected chi connectivity index (χ2v) is 5.25. The third-order valence-corrected chi connectivity index (χ3v) is 2.26. The second-order valence-electron chi connectivity index (χ2n) is 5.25. The van der Waals surface area contributed by atoms with Crippen LogP contribution >= 0.6 is 0 Å². The molecule has 98 valence electrons. The molecule has 6 nitrogen and oxygen atoms in total. The molecule has 1 aromatic heterocycles. The maximum atomic E-state index is 11.1. The van der Waals surface area contributed by atoms with Gasteiger partial charge >= 0.3 is 5.69 Å². The predicted molar refractivity (Wildman–Crippen MR) is 64.9 cm³/mol. The van der Waals surface area contributed by atoms with Crippen molar-refractivity contribution in [3.8, 4) is 11.6 Å². The van der Waals surface area contributed by atoms with Crippen LogP contribution in [0.25, 0.3) is 0 Å². The Kier molecular flexibility index (Phi) is 3.11. The standard InChI is InChI=1S/C12H16N2O4/c1-12(2,3)18-11-10(14(15)16)9(6-7-13-11)17-8-4-5-8/h6-8H,4-5H2,1-3H3. The summed E-state index contributed by atoms with van der Waals surface area (Å²) in [6.07, 6.45) is 3.43. The Hall–Kier alpha value is -1.85. The lowest BCUT2D eigenvalue weighted by Gasteiger charge is -2.20. The molecule has 1 saturated carbocycles. The third-order valence-electron chi connectivity index (χ3n) is 2.26. The fourth-order valence-corrected chi connectivity index (χ4v) is 1.41. The van der Waals surface area contributed by atoms with Crippen molar-refractivity contribution in [3.05, 3.63) is 22.4 Å². The molecule has 0 radical (unpaired) electrons. The number of hydrogen-bond acceptors (Lipinski definition) is 5. The molecule has 2 rings (SSSR count). The summed E-state index contributed by atoms with van der Waals surface area (Å²) in [6, 6.07) is 1.51. The molecular weight excluding hydrogens is 236 g/mol. The van der Waals surface area contributed by atoms with Gasteiger partial charge in [-0.3, -0.25) is 10.1 Å². The molecule has 0 aromatic carbocycles. The first kappa shape index (κ1) is 12.6. The summed E-state index contributed by atoms with van der Waals surface area (Å²) in [5.74, 6) is 0.238. The zero-order chi connectivity index (χ0) is 13.3. The van der Waals surface area contributed by atoms with E-state index in [2.05, 4.69) is 4.98 Å². The molecule has 0 N–H and O–H groups in total. The zero-order valence-electron chi connectivity index (χ0n) is 10.7. The van der Waals surface area contributed by atoms with Gasteiger partial charge in [0.25, 0.3) is 5.88 Å². The smallest absolute Gasteiger partial charge is 0.372 e. The fraction of sp³-hybridized carbons (Fsp3) is 0.583. The van der Waals surface area contributed by atoms with Crippen LogP contribution in [-0.4, -0.2) is 21.6 Å². The van der Waals surface area contributed by atoms with Gasteiger partial charge in [0.2, 0.25) is 5.75 Å². The van der Waals surface area contributed by atoms with E-state index in [1.807, 2.05) is 20.8 Å². The highest BCUT2D eigenvalue weighted by Crippen LogP contribution is 2.39. The van der Waals surface area contributed by atoms with Crippen molar-refractivity contribution < 1.29 is 14.4 Å². The Labute approximate surface area is 105 Å². The topological polar surface area (TPSA) is 74.5 Å². The number of aromatic nitrogens is 1. The summed E-state index contributed by atoms with van der Waals surface area (Å²) in [4.78, 5) is 14.6. The van der Waals surface area contributed by atoms with E-state index in [1.54, 1.807) is 0 Å². The Balaban J connectivity index is 2.35. The monoisotopic (exact) mass is 252 g/mol. The van der Waals surface area contributed by atoms with Crippen molar-refractivity contribution >= 4 is 5.69 Å². The van der Waals surface area contributed by atoms with Crippen molar-refractivity contribution in [2.75, 3.05) is 0 Å². The number of pyridine rings is 1. The molecule has 0 aliphatic heterocycles. The quantitative estimate of drug-likeness (QED) is 0.608. The van der Waals surface area contributed by atoms with E-state index in [0.29, 0.717) is 0 Å². The fourth-order valence-electron chi connectivity index (χ4n) is 1.41. The van der Waals surface area contributed by atoms with Gasteiger partial charge in [0.15, 0.2) is 0 Å². The first-order valence-electron chi connectivity index (χ1n) is 5.86. The van der Waals surface area contributed by atoms with E-state index in [4.69, 9.17) is 9.47 Å². The number of rotatable bonds is 4. The number of hydrogen-bond donors (Lipinski definition) is 0. The largest absolute Gasteiger partial charge is 0.483 e. The molecule has 0 amide bonds. The first-order valence-corrected chi connectivity index (χ1v) is 5.86. The van der Waals surface area contributed by atoms with Crippen LogP contribution in [0, 0.1) is 10.1 Å². The summed E-state index contributed by atoms with van der Waals surface area (Å²) in [5, 5.41) is 11.1. The molecule has 0 spiro atoms. The Morgan fingerprint density at radius 1 is 1.44 bits per heavy atom. The third kappa shape index (κ3) is 3.09. The Bertz CT molecular complexity index is 464. The van der Waals surface area contributed by atoms with Crippen LogP contribution in [0.15, 0.2) is 12.3 Å². The molecule has 0 saturated heterocycles. The summed E-state index contributed by atoms with van der Waals surface area (Å²) >= 11 is 0. The molecule has 6 heteroatoms. The van der Waals surface area contributed by atoms with Gasteiger partial charge in [-0.15, -0.1) is 0 Å². The summed E-state index contributed by atoms with van der Waals surface area (Å²) < 4.78 is 11.0. The van der Waals surface area contributed by atoms with E-state index in [9.17, 15) is 10.1 Å². The molecule has 1 aromatic rings. The van der Waals surface area contributed by atoms with Crippen LogP contribution in [-0.2, 0) is 0 Å². The second kappa shape index (κ2) is 4.44. The summed E-state index contributed by atoms with van der Waals surface area (Å²) in [6.45, 7) is 5.44. The minimum atomic E-state index is -0.546. The molecule has 1 aliphatic carbocycles. The van der Waals surface area contributed by atoms with Gasteiger partial charge in [-0.25, -0.2) is 4.98 Å². The number of nitro groups is 1. The highest BCUT2D eigenvalue weighted by Gasteiger charge is 2.31. The molecule has 18 heavy (non-hydrogen) atoms. The molecule has 1 heterocycles. The first-order chi connectivity index (χ1) is 8.37. The van der Waals surface area contributed by atoms with Crippen LogP contribution in [0.5, 0.6) is 11.6 Å². The van der Waals surface area contributed by atoms with Crippen LogP contribution in [0.2, 0.25) is 0 Å². The maximum Gasteiger partial charge on any atom is 0.372 e. The lowest BCUT2D eigenvalue weighted by atomic mass is 10.2. The van der Waals surface area contributed by atoms with E-state index in [-0.39, 0.29) is 23.4 Å². The van der Waals surface area contributed by atoms with Gasteiger partial charge in [0.05, 0.1) is 11.0 Å². The van der Waals surface area contributed by atoms with Crippen molar-refractivity contribution in [1.82, 2.24) is 4.98 Å². The van der Waals surface area contributed by atoms with Crippen molar-refractivity contribution in [2.45, 2.75) is 45.3 Å². The normalized spacial score (nSPS) is 15.3. The molecule has 1 fully saturated rings. The molecule has 0 unspecified atom stereocenters. The highest BCUT2D eigenvalue weighted by atomic mass is 16.6. The van der Waals surface area contributed by atoms with E-state index in [1.165, 1.54) is 12.3 Å². The van der Waals surface area contributed by atoms with Crippen molar-refractivity contribution in [1.29, 1.82) is 0 Å². The lowest BCUT2D eigenvalue weighted by molar-refractivity contribution is -0.387. The van der Waals surface area contributed by atoms with E-state index < -0.39 is 10.5 Å². The highest BCUT2D eigenvalue weighted by molar-refractivity contribution is 5.53. The van der Waals surface area contributed by atoms with Crippen LogP contribution in [0.3, 0.4) is 0 Å². The van der Waals surface area contributed by atoms with Crippen molar-refractivity contribution in [2.24, 2.45) is 0 Å². The average Bonchev–Trinajstić information content (AvgIpc) is 2.98. The average molecular weight is 252 g/mol. The Morgan fingerprint density at radius 3 is 2.61 bits per heavy atom. The van der Waals surface area contributed by atoms with Gasteiger partial charge < -0.3 is 9.47 Å². The van der Waals surface area contributed by atoms with Gasteiger partial charge in [-0.2, -0.15) is 0 Å². The minimum Gasteiger partial charge on any atom is -0.483 e. The van der Waals surface area contributed by atoms with Gasteiger partial charge in [0.1, 0.15) is 5.60 Å². The SMILES string of the molecule is CC(C)(C)Oc1nccc(OC2CC2)c1[N+](=O)[O-]. The van der Waals surface area contributed by atoms with Gasteiger partial charge in [-0.05, 0) is 33.6 Å². The molecular formula is C12H16N2O4. The molecule has 0 atom stereocenters.